The van der Waals surface area contributed by atoms with Crippen LogP contribution in [0, 0.1) is 6.92 Å². The summed E-state index contributed by atoms with van der Waals surface area (Å²) in [7, 11) is 1.73. The van der Waals surface area contributed by atoms with Gasteiger partial charge in [-0.1, -0.05) is 18.2 Å². The summed E-state index contributed by atoms with van der Waals surface area (Å²) in [4.78, 5) is 11.1. The molecule has 0 amide bonds. The number of aryl methyl sites for hydroxylation is 1. The highest BCUT2D eigenvalue weighted by atomic mass is 16.5. The van der Waals surface area contributed by atoms with E-state index in [0.29, 0.717) is 11.8 Å². The molecule has 7 heteroatoms. The van der Waals surface area contributed by atoms with Gasteiger partial charge in [-0.15, -0.1) is 0 Å². The number of likely N-dealkylation sites (tertiary alicyclic amines) is 1. The Kier molecular flexibility index (Phi) is 4.71. The van der Waals surface area contributed by atoms with Gasteiger partial charge >= 0.3 is 0 Å². The maximum Gasteiger partial charge on any atom is 0.254 e. The van der Waals surface area contributed by atoms with Crippen molar-refractivity contribution in [2.24, 2.45) is 0 Å². The fourth-order valence-electron chi connectivity index (χ4n) is 3.55. The molecule has 0 aliphatic carbocycles. The van der Waals surface area contributed by atoms with Gasteiger partial charge in [0.15, 0.2) is 0 Å². The van der Waals surface area contributed by atoms with E-state index in [1.54, 1.807) is 18.0 Å². The standard InChI is InChI=1S/C19H24N6O/c1-14-11-18(25-19(22-14)20-13-21-25)23-16-7-9-24(10-8-16)12-15-5-3-4-6-17(15)26-2/h3-6,11,13,16,23H,7-10,12H2,1-2H3. The van der Waals surface area contributed by atoms with Crippen LogP contribution in [0.3, 0.4) is 0 Å². The molecule has 1 aliphatic heterocycles. The van der Waals surface area contributed by atoms with Crippen molar-refractivity contribution in [1.29, 1.82) is 0 Å². The molecule has 1 saturated heterocycles. The van der Waals surface area contributed by atoms with Crippen molar-refractivity contribution in [3.63, 3.8) is 0 Å². The van der Waals surface area contributed by atoms with Gasteiger partial charge in [0.25, 0.3) is 5.78 Å². The first-order chi connectivity index (χ1) is 12.7. The number of ether oxygens (including phenoxy) is 1. The molecule has 1 N–H and O–H groups in total. The van der Waals surface area contributed by atoms with Crippen LogP contribution in [0.4, 0.5) is 5.82 Å². The van der Waals surface area contributed by atoms with Crippen LogP contribution < -0.4 is 10.1 Å². The Morgan fingerprint density at radius 2 is 2.04 bits per heavy atom. The Labute approximate surface area is 153 Å². The monoisotopic (exact) mass is 352 g/mol. The highest BCUT2D eigenvalue weighted by Crippen LogP contribution is 2.23. The lowest BCUT2D eigenvalue weighted by Crippen LogP contribution is -2.39. The molecule has 0 atom stereocenters. The lowest BCUT2D eigenvalue weighted by Gasteiger charge is -2.33. The van der Waals surface area contributed by atoms with Gasteiger partial charge in [0, 0.05) is 43.0 Å². The van der Waals surface area contributed by atoms with Crippen LogP contribution in [0.5, 0.6) is 5.75 Å². The Balaban J connectivity index is 1.38. The molecule has 0 saturated carbocycles. The highest BCUT2D eigenvalue weighted by Gasteiger charge is 2.21. The molecule has 2 aromatic heterocycles. The van der Waals surface area contributed by atoms with Gasteiger partial charge in [0.05, 0.1) is 7.11 Å². The van der Waals surface area contributed by atoms with E-state index in [2.05, 4.69) is 37.4 Å². The third-order valence-corrected chi connectivity index (χ3v) is 4.91. The minimum absolute atomic E-state index is 0.429. The summed E-state index contributed by atoms with van der Waals surface area (Å²) in [5, 5.41) is 7.90. The predicted octanol–water partition coefficient (Wildman–Crippen LogP) is 2.52. The molecular weight excluding hydrogens is 328 g/mol. The first-order valence-electron chi connectivity index (χ1n) is 9.01. The number of methoxy groups -OCH3 is 1. The van der Waals surface area contributed by atoms with Crippen molar-refractivity contribution < 1.29 is 4.74 Å². The summed E-state index contributed by atoms with van der Waals surface area (Å²) in [6.07, 6.45) is 3.72. The van der Waals surface area contributed by atoms with Crippen LogP contribution in [0.1, 0.15) is 24.1 Å². The molecule has 3 aromatic rings. The molecule has 0 spiro atoms. The third-order valence-electron chi connectivity index (χ3n) is 4.91. The second kappa shape index (κ2) is 7.29. The number of rotatable bonds is 5. The van der Waals surface area contributed by atoms with Crippen LogP contribution in [-0.4, -0.2) is 50.7 Å². The maximum absolute atomic E-state index is 5.47. The lowest BCUT2D eigenvalue weighted by molar-refractivity contribution is 0.208. The van der Waals surface area contributed by atoms with Gasteiger partial charge in [-0.05, 0) is 25.8 Å². The molecule has 0 bridgehead atoms. The number of aromatic nitrogens is 4. The van der Waals surface area contributed by atoms with E-state index in [9.17, 15) is 0 Å². The minimum atomic E-state index is 0.429. The van der Waals surface area contributed by atoms with Crippen LogP contribution in [0.15, 0.2) is 36.7 Å². The number of piperidine rings is 1. The molecule has 0 radical (unpaired) electrons. The third kappa shape index (κ3) is 3.48. The van der Waals surface area contributed by atoms with E-state index in [0.717, 1.165) is 49.7 Å². The zero-order chi connectivity index (χ0) is 17.9. The van der Waals surface area contributed by atoms with Crippen molar-refractivity contribution in [2.45, 2.75) is 32.4 Å². The smallest absolute Gasteiger partial charge is 0.254 e. The van der Waals surface area contributed by atoms with Crippen molar-refractivity contribution >= 4 is 11.6 Å². The van der Waals surface area contributed by atoms with Gasteiger partial charge in [-0.2, -0.15) is 14.6 Å². The van der Waals surface area contributed by atoms with Crippen LogP contribution in [0.25, 0.3) is 5.78 Å². The van der Waals surface area contributed by atoms with Crippen molar-refractivity contribution in [3.05, 3.63) is 47.9 Å². The summed E-state index contributed by atoms with van der Waals surface area (Å²) in [5.41, 5.74) is 2.19. The van der Waals surface area contributed by atoms with E-state index in [4.69, 9.17) is 4.74 Å². The number of nitrogens with zero attached hydrogens (tertiary/aromatic N) is 5. The zero-order valence-corrected chi connectivity index (χ0v) is 15.2. The summed E-state index contributed by atoms with van der Waals surface area (Å²) in [6, 6.07) is 10.7. The average molecular weight is 352 g/mol. The van der Waals surface area contributed by atoms with E-state index in [1.807, 2.05) is 25.1 Å². The number of para-hydroxylation sites is 1. The maximum atomic E-state index is 5.47. The van der Waals surface area contributed by atoms with Crippen LogP contribution in [0.2, 0.25) is 0 Å². The topological polar surface area (TPSA) is 67.6 Å². The van der Waals surface area contributed by atoms with E-state index >= 15 is 0 Å². The Hall–Kier alpha value is -2.67. The van der Waals surface area contributed by atoms with Crippen LogP contribution >= 0.6 is 0 Å². The largest absolute Gasteiger partial charge is 0.496 e. The minimum Gasteiger partial charge on any atom is -0.496 e. The molecule has 26 heavy (non-hydrogen) atoms. The fraction of sp³-hybridized carbons (Fsp3) is 0.421. The molecular formula is C19H24N6O. The fourth-order valence-corrected chi connectivity index (χ4v) is 3.55. The summed E-state index contributed by atoms with van der Waals surface area (Å²) < 4.78 is 7.24. The molecule has 1 aromatic carbocycles. The number of hydrogen-bond acceptors (Lipinski definition) is 6. The van der Waals surface area contributed by atoms with Crippen molar-refractivity contribution in [2.75, 3.05) is 25.5 Å². The Morgan fingerprint density at radius 3 is 2.85 bits per heavy atom. The number of fused-ring (bicyclic) bond motifs is 1. The van der Waals surface area contributed by atoms with Gasteiger partial charge in [0.2, 0.25) is 0 Å². The predicted molar refractivity (Wildman–Crippen MR) is 100 cm³/mol. The Bertz CT molecular complexity index is 885. The second-order valence-corrected chi connectivity index (χ2v) is 6.76. The lowest BCUT2D eigenvalue weighted by atomic mass is 10.0. The SMILES string of the molecule is COc1ccccc1CN1CCC(Nc2cc(C)nc3ncnn23)CC1. The van der Waals surface area contributed by atoms with Crippen molar-refractivity contribution in [1.82, 2.24) is 24.5 Å². The average Bonchev–Trinajstić information content (AvgIpc) is 3.12. The molecule has 1 aliphatic rings. The normalized spacial score (nSPS) is 16.1. The molecule has 4 rings (SSSR count). The van der Waals surface area contributed by atoms with Gasteiger partial charge in [-0.3, -0.25) is 4.90 Å². The number of nitrogens with one attached hydrogen (secondary N) is 1. The summed E-state index contributed by atoms with van der Waals surface area (Å²) >= 11 is 0. The molecule has 1 fully saturated rings. The first kappa shape index (κ1) is 16.8. The summed E-state index contributed by atoms with van der Waals surface area (Å²) in [5.74, 6) is 2.57. The van der Waals surface area contributed by atoms with E-state index in [1.165, 1.54) is 5.56 Å². The molecule has 3 heterocycles. The number of hydrogen-bond donors (Lipinski definition) is 1. The number of anilines is 1. The second-order valence-electron chi connectivity index (χ2n) is 6.76. The molecule has 0 unspecified atom stereocenters. The summed E-state index contributed by atoms with van der Waals surface area (Å²) in [6.45, 7) is 5.02. The highest BCUT2D eigenvalue weighted by molar-refractivity contribution is 5.45. The van der Waals surface area contributed by atoms with E-state index in [-0.39, 0.29) is 0 Å². The quantitative estimate of drug-likeness (QED) is 0.761. The van der Waals surface area contributed by atoms with Gasteiger partial charge < -0.3 is 10.1 Å². The first-order valence-corrected chi connectivity index (χ1v) is 9.01. The van der Waals surface area contributed by atoms with Crippen LogP contribution in [-0.2, 0) is 6.54 Å². The van der Waals surface area contributed by atoms with E-state index < -0.39 is 0 Å². The van der Waals surface area contributed by atoms with Crippen molar-refractivity contribution in [3.8, 4) is 5.75 Å². The molecule has 7 nitrogen and oxygen atoms in total. The Morgan fingerprint density at radius 1 is 1.23 bits per heavy atom. The van der Waals surface area contributed by atoms with Gasteiger partial charge in [-0.25, -0.2) is 4.98 Å². The van der Waals surface area contributed by atoms with Gasteiger partial charge in [0.1, 0.15) is 17.9 Å². The molecule has 136 valence electrons. The zero-order valence-electron chi connectivity index (χ0n) is 15.2. The number of benzene rings is 1.